The molecule has 0 aliphatic heterocycles. The van der Waals surface area contributed by atoms with Crippen molar-refractivity contribution in [2.45, 2.75) is 52.5 Å². The zero-order valence-corrected chi connectivity index (χ0v) is 16.8. The number of thiocarbonyl (C=S) groups is 1. The lowest BCUT2D eigenvalue weighted by atomic mass is 10.0. The van der Waals surface area contributed by atoms with Gasteiger partial charge in [-0.25, -0.2) is 0 Å². The molecular weight excluding hydrogens is 332 g/mol. The topological polar surface area (TPSA) is 42.5 Å². The summed E-state index contributed by atoms with van der Waals surface area (Å²) in [5.41, 5.74) is 1.09. The van der Waals surface area contributed by atoms with Crippen molar-refractivity contribution >= 4 is 17.3 Å². The van der Waals surface area contributed by atoms with Gasteiger partial charge < -0.3 is 20.1 Å². The second-order valence-electron chi connectivity index (χ2n) is 6.27. The Morgan fingerprint density at radius 2 is 1.96 bits per heavy atom. The highest BCUT2D eigenvalue weighted by Gasteiger charge is 2.06. The molecule has 1 atom stereocenters. The molecule has 5 heteroatoms. The summed E-state index contributed by atoms with van der Waals surface area (Å²) in [7, 11) is 1.68. The molecule has 25 heavy (non-hydrogen) atoms. The first-order valence-electron chi connectivity index (χ1n) is 9.42. The fourth-order valence-electron chi connectivity index (χ4n) is 2.61. The van der Waals surface area contributed by atoms with Crippen LogP contribution >= 0.6 is 12.2 Å². The van der Waals surface area contributed by atoms with Crippen molar-refractivity contribution in [2.75, 3.05) is 26.9 Å². The molecule has 0 bridgehead atoms. The summed E-state index contributed by atoms with van der Waals surface area (Å²) in [5, 5.41) is 7.11. The van der Waals surface area contributed by atoms with E-state index >= 15 is 0 Å². The molecule has 0 saturated heterocycles. The molecule has 0 aromatic heterocycles. The quantitative estimate of drug-likeness (QED) is 0.403. The van der Waals surface area contributed by atoms with E-state index in [0.29, 0.717) is 17.6 Å². The highest BCUT2D eigenvalue weighted by atomic mass is 32.1. The fourth-order valence-corrected chi connectivity index (χ4v) is 2.79. The molecule has 142 valence electrons. The van der Waals surface area contributed by atoms with Crippen molar-refractivity contribution in [3.05, 3.63) is 29.8 Å². The number of hydrogen-bond donors (Lipinski definition) is 2. The summed E-state index contributed by atoms with van der Waals surface area (Å²) in [5.74, 6) is 1.58. The van der Waals surface area contributed by atoms with E-state index in [-0.39, 0.29) is 0 Å². The minimum absolute atomic E-state index is 0.655. The Bertz CT molecular complexity index is 483. The minimum atomic E-state index is 0.655. The number of methoxy groups -OCH3 is 1. The molecule has 4 nitrogen and oxygen atoms in total. The lowest BCUT2D eigenvalue weighted by Crippen LogP contribution is -2.35. The van der Waals surface area contributed by atoms with Gasteiger partial charge in [0.2, 0.25) is 0 Å². The van der Waals surface area contributed by atoms with Crippen LogP contribution in [0.25, 0.3) is 0 Å². The molecule has 0 fully saturated rings. The summed E-state index contributed by atoms with van der Waals surface area (Å²) < 4.78 is 11.1. The number of benzene rings is 1. The number of rotatable bonds is 13. The van der Waals surface area contributed by atoms with Crippen LogP contribution in [0, 0.1) is 5.92 Å². The van der Waals surface area contributed by atoms with E-state index in [1.807, 2.05) is 24.3 Å². The third kappa shape index (κ3) is 9.66. The molecule has 0 spiro atoms. The normalized spacial score (nSPS) is 11.8. The average Bonchev–Trinajstić information content (AvgIpc) is 2.65. The molecule has 0 saturated carbocycles. The van der Waals surface area contributed by atoms with Crippen molar-refractivity contribution in [2.24, 2.45) is 5.92 Å². The summed E-state index contributed by atoms with van der Waals surface area (Å²) >= 11 is 5.31. The minimum Gasteiger partial charge on any atom is -0.496 e. The van der Waals surface area contributed by atoms with E-state index in [2.05, 4.69) is 24.5 Å². The van der Waals surface area contributed by atoms with Crippen LogP contribution in [0.4, 0.5) is 0 Å². The van der Waals surface area contributed by atoms with E-state index in [1.165, 1.54) is 25.7 Å². The smallest absolute Gasteiger partial charge is 0.166 e. The molecule has 0 radical (unpaired) electrons. The highest BCUT2D eigenvalue weighted by Crippen LogP contribution is 2.16. The second kappa shape index (κ2) is 13.9. The van der Waals surface area contributed by atoms with Crippen LogP contribution in [0.2, 0.25) is 0 Å². The first-order chi connectivity index (χ1) is 12.2. The van der Waals surface area contributed by atoms with Crippen molar-refractivity contribution in [3.63, 3.8) is 0 Å². The van der Waals surface area contributed by atoms with E-state index in [0.717, 1.165) is 37.5 Å². The molecule has 0 aliphatic carbocycles. The predicted octanol–water partition coefficient (Wildman–Crippen LogP) is 4.28. The molecule has 2 N–H and O–H groups in total. The number of hydrogen-bond acceptors (Lipinski definition) is 3. The van der Waals surface area contributed by atoms with Gasteiger partial charge in [-0.3, -0.25) is 0 Å². The maximum Gasteiger partial charge on any atom is 0.166 e. The van der Waals surface area contributed by atoms with Crippen molar-refractivity contribution in [1.82, 2.24) is 10.6 Å². The largest absolute Gasteiger partial charge is 0.496 e. The van der Waals surface area contributed by atoms with Crippen LogP contribution < -0.4 is 15.4 Å². The van der Waals surface area contributed by atoms with E-state index in [4.69, 9.17) is 21.7 Å². The number of para-hydroxylation sites is 1. The zero-order chi connectivity index (χ0) is 18.3. The Morgan fingerprint density at radius 3 is 2.68 bits per heavy atom. The zero-order valence-electron chi connectivity index (χ0n) is 16.0. The molecule has 0 aliphatic rings. The van der Waals surface area contributed by atoms with Crippen LogP contribution in [0.3, 0.4) is 0 Å². The SMILES string of the molecule is CCCCC(CC)COCCCNC(=S)NCc1ccccc1OC. The van der Waals surface area contributed by atoms with E-state index in [1.54, 1.807) is 7.11 Å². The van der Waals surface area contributed by atoms with Gasteiger partial charge >= 0.3 is 0 Å². The van der Waals surface area contributed by atoms with E-state index < -0.39 is 0 Å². The molecule has 1 aromatic rings. The molecule has 0 amide bonds. The molecular formula is C20H34N2O2S. The summed E-state index contributed by atoms with van der Waals surface area (Å²) in [6.45, 7) is 7.63. The van der Waals surface area contributed by atoms with Crippen LogP contribution in [0.15, 0.2) is 24.3 Å². The van der Waals surface area contributed by atoms with Crippen LogP contribution in [0.1, 0.15) is 51.5 Å². The predicted molar refractivity (Wildman–Crippen MR) is 109 cm³/mol. The maximum absolute atomic E-state index is 5.80. The lowest BCUT2D eigenvalue weighted by Gasteiger charge is -2.15. The Kier molecular flexibility index (Phi) is 12.1. The third-order valence-electron chi connectivity index (χ3n) is 4.28. The highest BCUT2D eigenvalue weighted by molar-refractivity contribution is 7.80. The van der Waals surface area contributed by atoms with Crippen LogP contribution in [-0.2, 0) is 11.3 Å². The standard InChI is InChI=1S/C20H34N2O2S/c1-4-6-10-17(5-2)16-24-14-9-13-21-20(25)22-15-18-11-7-8-12-19(18)23-3/h7-8,11-12,17H,4-6,9-10,13-16H2,1-3H3,(H2,21,22,25). The van der Waals surface area contributed by atoms with Crippen molar-refractivity contribution < 1.29 is 9.47 Å². The molecule has 0 heterocycles. The maximum atomic E-state index is 5.80. The molecule has 1 aromatic carbocycles. The van der Waals surface area contributed by atoms with Gasteiger partial charge in [0.1, 0.15) is 5.75 Å². The first kappa shape index (κ1) is 21.7. The van der Waals surface area contributed by atoms with Gasteiger partial charge in [-0.15, -0.1) is 0 Å². The number of ether oxygens (including phenoxy) is 2. The van der Waals surface area contributed by atoms with Gasteiger partial charge in [-0.05, 0) is 37.0 Å². The van der Waals surface area contributed by atoms with Gasteiger partial charge in [0.15, 0.2) is 5.11 Å². The fraction of sp³-hybridized carbons (Fsp3) is 0.650. The summed E-state index contributed by atoms with van der Waals surface area (Å²) in [6.07, 6.45) is 6.01. The lowest BCUT2D eigenvalue weighted by molar-refractivity contribution is 0.0927. The van der Waals surface area contributed by atoms with Gasteiger partial charge in [0.05, 0.1) is 7.11 Å². The molecule has 1 rings (SSSR count). The van der Waals surface area contributed by atoms with Gasteiger partial charge in [-0.1, -0.05) is 51.3 Å². The van der Waals surface area contributed by atoms with Gasteiger partial charge in [0, 0.05) is 31.9 Å². The van der Waals surface area contributed by atoms with E-state index in [9.17, 15) is 0 Å². The summed E-state index contributed by atoms with van der Waals surface area (Å²) in [4.78, 5) is 0. The Hall–Kier alpha value is -1.33. The summed E-state index contributed by atoms with van der Waals surface area (Å²) in [6, 6.07) is 7.95. The second-order valence-corrected chi connectivity index (χ2v) is 6.67. The molecule has 1 unspecified atom stereocenters. The Morgan fingerprint density at radius 1 is 1.16 bits per heavy atom. The van der Waals surface area contributed by atoms with Crippen molar-refractivity contribution in [3.8, 4) is 5.75 Å². The number of unbranched alkanes of at least 4 members (excludes halogenated alkanes) is 1. The van der Waals surface area contributed by atoms with Gasteiger partial charge in [-0.2, -0.15) is 0 Å². The monoisotopic (exact) mass is 366 g/mol. The first-order valence-corrected chi connectivity index (χ1v) is 9.83. The Balaban J connectivity index is 2.09. The van der Waals surface area contributed by atoms with Crippen LogP contribution in [-0.4, -0.2) is 32.0 Å². The third-order valence-corrected chi connectivity index (χ3v) is 4.57. The average molecular weight is 367 g/mol. The van der Waals surface area contributed by atoms with Gasteiger partial charge in [0.25, 0.3) is 0 Å². The van der Waals surface area contributed by atoms with Crippen LogP contribution in [0.5, 0.6) is 5.75 Å². The van der Waals surface area contributed by atoms with Crippen molar-refractivity contribution in [1.29, 1.82) is 0 Å². The number of nitrogens with one attached hydrogen (secondary N) is 2. The Labute approximate surface area is 158 Å².